The molecule has 7 nitrogen and oxygen atoms in total. The number of nitrogens with one attached hydrogen (secondary N) is 1. The molecule has 3 aromatic rings. The molecule has 1 N–H and O–H groups in total. The third-order valence-electron chi connectivity index (χ3n) is 7.25. The zero-order valence-corrected chi connectivity index (χ0v) is 24.8. The molecular weight excluding hydrogens is 558 g/mol. The van der Waals surface area contributed by atoms with Gasteiger partial charge in [-0.05, 0) is 69.6 Å². The molecule has 0 amide bonds. The molecule has 0 bridgehead atoms. The fraction of sp³-hybridized carbons (Fsp3) is 0.448. The van der Waals surface area contributed by atoms with Gasteiger partial charge in [0, 0.05) is 44.4 Å². The van der Waals surface area contributed by atoms with Crippen molar-refractivity contribution in [2.45, 2.75) is 62.8 Å². The Morgan fingerprint density at radius 2 is 1.80 bits per heavy atom. The molecule has 2 heterocycles. The second kappa shape index (κ2) is 13.2. The molecule has 0 aliphatic carbocycles. The van der Waals surface area contributed by atoms with Crippen LogP contribution in [-0.2, 0) is 22.4 Å². The minimum absolute atomic E-state index is 0. The molecule has 0 spiro atoms. The molecule has 1 fully saturated rings. The Hall–Kier alpha value is -3.25. The summed E-state index contributed by atoms with van der Waals surface area (Å²) in [7, 11) is -0.730. The number of likely N-dealkylation sites (N-methyl/N-ethyl adjacent to an activating group) is 1. The molecule has 4 rings (SSSR count). The smallest absolute Gasteiger partial charge is 0.270 e. The molecule has 1 aromatic heterocycles. The second-order valence-electron chi connectivity index (χ2n) is 10.2. The predicted octanol–water partition coefficient (Wildman–Crippen LogP) is 6.47. The summed E-state index contributed by atoms with van der Waals surface area (Å²) in [6.45, 7) is 5.82. The van der Waals surface area contributed by atoms with Crippen LogP contribution < -0.4 is 9.62 Å². The summed E-state index contributed by atoms with van der Waals surface area (Å²) < 4.78 is 85.4. The van der Waals surface area contributed by atoms with E-state index in [9.17, 15) is 17.2 Å². The Balaban J connectivity index is 0.00000201. The van der Waals surface area contributed by atoms with Crippen molar-refractivity contribution in [3.63, 3.8) is 0 Å². The number of hydrogen-bond donors (Lipinski definition) is 1. The van der Waals surface area contributed by atoms with Crippen molar-refractivity contribution in [3.8, 4) is 0 Å². The van der Waals surface area contributed by atoms with Crippen LogP contribution in [0.5, 0.6) is 0 Å². The maximum atomic E-state index is 15.1. The van der Waals surface area contributed by atoms with Gasteiger partial charge in [0.2, 0.25) is 0 Å². The Labute approximate surface area is 241 Å². The fourth-order valence-corrected chi connectivity index (χ4v) is 6.16. The summed E-state index contributed by atoms with van der Waals surface area (Å²) in [5, 5.41) is 0. The highest BCUT2D eigenvalue weighted by atomic mass is 32.2. The van der Waals surface area contributed by atoms with Crippen LogP contribution >= 0.6 is 0 Å². The molecule has 1 saturated heterocycles. The van der Waals surface area contributed by atoms with Crippen LogP contribution in [0.3, 0.4) is 0 Å². The fourth-order valence-electron chi connectivity index (χ4n) is 5.03. The molecular formula is C29H39F4N5O2S. The Bertz CT molecular complexity index is 1400. The summed E-state index contributed by atoms with van der Waals surface area (Å²) >= 11 is 0. The molecule has 1 aliphatic heterocycles. The zero-order chi connectivity index (χ0) is 30.4. The van der Waals surface area contributed by atoms with Gasteiger partial charge >= 0.3 is 0 Å². The molecule has 12 heteroatoms. The van der Waals surface area contributed by atoms with Crippen molar-refractivity contribution in [2.24, 2.45) is 0 Å². The molecule has 226 valence electrons. The van der Waals surface area contributed by atoms with Crippen molar-refractivity contribution in [3.05, 3.63) is 77.8 Å². The van der Waals surface area contributed by atoms with E-state index in [4.69, 9.17) is 0 Å². The largest absolute Gasteiger partial charge is 0.370 e. The standard InChI is InChI=1S/C27H31F4N5O2S.C2H6.H2/c1-26(30,31)20-7-4-6-19(14-20)8-11-27(35(2)3)10-5-13-36(17-27)21-15-22(28)25(23(29)16-21)39(37,38)34-24-9-12-32-18-33-24;1-2;/h4,6-7,9,12,14-16,18H,5,8,10-11,13,17H2,1-3H3,(H,32,33,34);1-2H3;1H/t27-;;/m1../s1. The van der Waals surface area contributed by atoms with Gasteiger partial charge in [0.1, 0.15) is 23.8 Å². The number of aryl methyl sites for hydroxylation is 1. The van der Waals surface area contributed by atoms with Gasteiger partial charge in [0.25, 0.3) is 15.9 Å². The van der Waals surface area contributed by atoms with Gasteiger partial charge in [0.15, 0.2) is 4.90 Å². The maximum absolute atomic E-state index is 15.1. The van der Waals surface area contributed by atoms with E-state index in [-0.39, 0.29) is 18.5 Å². The molecule has 2 aromatic carbocycles. The van der Waals surface area contributed by atoms with Crippen LogP contribution in [0.2, 0.25) is 0 Å². The van der Waals surface area contributed by atoms with Crippen molar-refractivity contribution in [1.29, 1.82) is 0 Å². The summed E-state index contributed by atoms with van der Waals surface area (Å²) in [6.07, 6.45) is 5.12. The molecule has 1 aliphatic rings. The lowest BCUT2D eigenvalue weighted by molar-refractivity contribution is 0.0174. The number of hydrogen-bond acceptors (Lipinski definition) is 6. The molecule has 0 unspecified atom stereocenters. The lowest BCUT2D eigenvalue weighted by atomic mass is 9.82. The summed E-state index contributed by atoms with van der Waals surface area (Å²) in [6, 6.07) is 9.68. The number of piperidine rings is 1. The van der Waals surface area contributed by atoms with Gasteiger partial charge in [-0.15, -0.1) is 0 Å². The normalized spacial score (nSPS) is 17.7. The highest BCUT2D eigenvalue weighted by molar-refractivity contribution is 7.92. The number of aromatic nitrogens is 2. The molecule has 0 saturated carbocycles. The monoisotopic (exact) mass is 597 g/mol. The number of benzene rings is 2. The lowest BCUT2D eigenvalue weighted by Gasteiger charge is -2.48. The van der Waals surface area contributed by atoms with E-state index in [2.05, 4.69) is 19.6 Å². The highest BCUT2D eigenvalue weighted by Crippen LogP contribution is 2.36. The van der Waals surface area contributed by atoms with Gasteiger partial charge in [-0.25, -0.2) is 35.9 Å². The van der Waals surface area contributed by atoms with Crippen LogP contribution in [0.25, 0.3) is 0 Å². The minimum Gasteiger partial charge on any atom is -0.370 e. The third-order valence-corrected chi connectivity index (χ3v) is 8.66. The number of alkyl halides is 2. The van der Waals surface area contributed by atoms with E-state index in [0.717, 1.165) is 43.8 Å². The van der Waals surface area contributed by atoms with Crippen LogP contribution in [0, 0.1) is 11.6 Å². The summed E-state index contributed by atoms with van der Waals surface area (Å²) in [5.41, 5.74) is 0.578. The van der Waals surface area contributed by atoms with E-state index in [1.54, 1.807) is 6.07 Å². The predicted molar refractivity (Wildman–Crippen MR) is 155 cm³/mol. The number of rotatable bonds is 9. The van der Waals surface area contributed by atoms with Crippen LogP contribution in [-0.4, -0.2) is 56.0 Å². The van der Waals surface area contributed by atoms with Crippen molar-refractivity contribution in [1.82, 2.24) is 14.9 Å². The Morgan fingerprint density at radius 1 is 1.12 bits per heavy atom. The van der Waals surface area contributed by atoms with E-state index < -0.39 is 38.0 Å². The Morgan fingerprint density at radius 3 is 2.39 bits per heavy atom. The molecule has 41 heavy (non-hydrogen) atoms. The van der Waals surface area contributed by atoms with Gasteiger partial charge in [-0.2, -0.15) is 0 Å². The average Bonchev–Trinajstić information content (AvgIpc) is 2.92. The van der Waals surface area contributed by atoms with Crippen molar-refractivity contribution < 1.29 is 27.4 Å². The average molecular weight is 598 g/mol. The highest BCUT2D eigenvalue weighted by Gasteiger charge is 2.38. The number of nitrogens with zero attached hydrogens (tertiary/aromatic N) is 4. The first-order chi connectivity index (χ1) is 19.3. The van der Waals surface area contributed by atoms with Crippen molar-refractivity contribution >= 4 is 21.5 Å². The quantitative estimate of drug-likeness (QED) is 0.285. The van der Waals surface area contributed by atoms with Crippen LogP contribution in [0.15, 0.2) is 59.9 Å². The van der Waals surface area contributed by atoms with Crippen LogP contribution in [0.4, 0.5) is 29.1 Å². The van der Waals surface area contributed by atoms with Gasteiger partial charge in [-0.1, -0.05) is 32.0 Å². The number of anilines is 2. The first-order valence-electron chi connectivity index (χ1n) is 13.5. The minimum atomic E-state index is -4.58. The SMILES string of the molecule is CC.CN(C)[C@@]1(CCc2cccc(C(C)(F)F)c2)CCCN(c2cc(F)c(S(=O)(=O)Nc3ccncn3)c(F)c2)C1.[HH]. The molecule has 1 atom stereocenters. The lowest BCUT2D eigenvalue weighted by Crippen LogP contribution is -2.56. The maximum Gasteiger partial charge on any atom is 0.270 e. The first kappa shape index (κ1) is 32.3. The number of halogens is 4. The van der Waals surface area contributed by atoms with Gasteiger partial charge < -0.3 is 9.80 Å². The van der Waals surface area contributed by atoms with E-state index in [0.29, 0.717) is 25.9 Å². The van der Waals surface area contributed by atoms with Gasteiger partial charge in [0.05, 0.1) is 0 Å². The first-order valence-corrected chi connectivity index (χ1v) is 15.0. The molecule has 0 radical (unpaired) electrons. The van der Waals surface area contributed by atoms with Crippen LogP contribution in [0.1, 0.15) is 52.6 Å². The zero-order valence-electron chi connectivity index (χ0n) is 24.0. The number of sulfonamides is 1. The van der Waals surface area contributed by atoms with Gasteiger partial charge in [-0.3, -0.25) is 4.72 Å². The van der Waals surface area contributed by atoms with Crippen molar-refractivity contribution in [2.75, 3.05) is 36.8 Å². The van der Waals surface area contributed by atoms with E-state index in [1.165, 1.54) is 24.4 Å². The Kier molecular flexibility index (Phi) is 10.4. The van der Waals surface area contributed by atoms with E-state index in [1.807, 2.05) is 38.9 Å². The summed E-state index contributed by atoms with van der Waals surface area (Å²) in [4.78, 5) is 10.2. The van der Waals surface area contributed by atoms with E-state index >= 15 is 8.78 Å². The second-order valence-corrected chi connectivity index (χ2v) is 11.8. The summed E-state index contributed by atoms with van der Waals surface area (Å²) in [5.74, 6) is -5.49. The topological polar surface area (TPSA) is 78.4 Å². The third kappa shape index (κ3) is 7.73.